The number of rotatable bonds is 4. The Bertz CT molecular complexity index is 577. The third-order valence-electron chi connectivity index (χ3n) is 2.88. The second kappa shape index (κ2) is 6.12. The maximum Gasteiger partial charge on any atom is 0.141 e. The lowest BCUT2D eigenvalue weighted by molar-refractivity contribution is 0.403. The van der Waals surface area contributed by atoms with Gasteiger partial charge in [-0.15, -0.1) is 0 Å². The Kier molecular flexibility index (Phi) is 4.50. The number of benzene rings is 1. The van der Waals surface area contributed by atoms with E-state index in [9.17, 15) is 4.39 Å². The summed E-state index contributed by atoms with van der Waals surface area (Å²) in [6.07, 6.45) is 3.91. The lowest BCUT2D eigenvalue weighted by Gasteiger charge is -2.15. The van der Waals surface area contributed by atoms with E-state index < -0.39 is 0 Å². The van der Waals surface area contributed by atoms with Crippen LogP contribution in [0.25, 0.3) is 0 Å². The van der Waals surface area contributed by atoms with Crippen LogP contribution in [0.1, 0.15) is 17.2 Å². The molecule has 0 spiro atoms. The van der Waals surface area contributed by atoms with E-state index in [-0.39, 0.29) is 11.9 Å². The topological polar surface area (TPSA) is 48.1 Å². The third kappa shape index (κ3) is 3.30. The molecule has 0 aliphatic heterocycles. The van der Waals surface area contributed by atoms with Crippen molar-refractivity contribution in [3.05, 3.63) is 58.1 Å². The molecule has 1 aromatic carbocycles. The summed E-state index contributed by atoms with van der Waals surface area (Å²) in [5.41, 5.74) is 8.02. The Balaban J connectivity index is 2.20. The highest BCUT2D eigenvalue weighted by atomic mass is 79.9. The molecule has 0 radical (unpaired) electrons. The lowest BCUT2D eigenvalue weighted by atomic mass is 10.00. The summed E-state index contributed by atoms with van der Waals surface area (Å²) < 4.78 is 18.9. The maximum absolute atomic E-state index is 13.2. The molecule has 1 unspecified atom stereocenters. The first kappa shape index (κ1) is 14.0. The van der Waals surface area contributed by atoms with Gasteiger partial charge in [0.25, 0.3) is 0 Å². The van der Waals surface area contributed by atoms with Crippen molar-refractivity contribution in [3.63, 3.8) is 0 Å². The van der Waals surface area contributed by atoms with Gasteiger partial charge in [0.15, 0.2) is 0 Å². The van der Waals surface area contributed by atoms with E-state index >= 15 is 0 Å². The van der Waals surface area contributed by atoms with Gasteiger partial charge in [0.05, 0.1) is 17.8 Å². The maximum atomic E-state index is 13.2. The highest BCUT2D eigenvalue weighted by Crippen LogP contribution is 2.26. The highest BCUT2D eigenvalue weighted by Gasteiger charge is 2.13. The molecular formula is C14H14BrFN2O. The van der Waals surface area contributed by atoms with Gasteiger partial charge < -0.3 is 10.5 Å². The molecule has 1 atom stereocenters. The molecule has 19 heavy (non-hydrogen) atoms. The van der Waals surface area contributed by atoms with Gasteiger partial charge in [-0.25, -0.2) is 4.39 Å². The van der Waals surface area contributed by atoms with Gasteiger partial charge in [0.2, 0.25) is 0 Å². The molecule has 0 saturated carbocycles. The average molecular weight is 325 g/mol. The summed E-state index contributed by atoms with van der Waals surface area (Å²) in [5, 5.41) is 0. The van der Waals surface area contributed by atoms with E-state index in [0.717, 1.165) is 11.1 Å². The lowest BCUT2D eigenvalue weighted by Crippen LogP contribution is -2.14. The number of nitrogens with zero attached hydrogens (tertiary/aromatic N) is 1. The van der Waals surface area contributed by atoms with Gasteiger partial charge in [-0.1, -0.05) is 6.07 Å². The van der Waals surface area contributed by atoms with Crippen molar-refractivity contribution >= 4 is 15.9 Å². The predicted molar refractivity (Wildman–Crippen MR) is 75.5 cm³/mol. The van der Waals surface area contributed by atoms with Crippen LogP contribution in [0.15, 0.2) is 41.1 Å². The zero-order valence-corrected chi connectivity index (χ0v) is 12.0. The molecule has 3 nitrogen and oxygen atoms in total. The van der Waals surface area contributed by atoms with E-state index in [1.54, 1.807) is 31.6 Å². The molecule has 0 bridgehead atoms. The molecule has 0 fully saturated rings. The quantitative estimate of drug-likeness (QED) is 0.939. The number of nitrogens with two attached hydrogens (primary N) is 1. The van der Waals surface area contributed by atoms with Crippen LogP contribution in [0.2, 0.25) is 0 Å². The molecule has 0 aliphatic carbocycles. The van der Waals surface area contributed by atoms with Crippen molar-refractivity contribution in [2.75, 3.05) is 7.11 Å². The molecule has 1 heterocycles. The van der Waals surface area contributed by atoms with Crippen LogP contribution in [0, 0.1) is 5.82 Å². The zero-order valence-electron chi connectivity index (χ0n) is 10.4. The first-order chi connectivity index (χ1) is 9.11. The molecule has 1 aromatic heterocycles. The Morgan fingerprint density at radius 2 is 2.21 bits per heavy atom. The number of aromatic nitrogens is 1. The number of pyridine rings is 1. The van der Waals surface area contributed by atoms with Crippen LogP contribution in [-0.4, -0.2) is 12.1 Å². The van der Waals surface area contributed by atoms with Crippen LogP contribution in [-0.2, 0) is 6.42 Å². The predicted octanol–water partition coefficient (Wildman–Crippen LogP) is 3.23. The minimum absolute atomic E-state index is 0.227. The standard InChI is InChI=1S/C14H14BrFN2O/c1-19-14-8-18-5-4-10(14)13(17)7-9-2-3-12(16)11(15)6-9/h2-6,8,13H,7,17H2,1H3. The minimum Gasteiger partial charge on any atom is -0.495 e. The first-order valence-corrected chi connectivity index (χ1v) is 6.58. The Labute approximate surface area is 119 Å². The fourth-order valence-corrected chi connectivity index (χ4v) is 2.32. The second-order valence-electron chi connectivity index (χ2n) is 4.18. The Hall–Kier alpha value is -1.46. The van der Waals surface area contributed by atoms with Crippen molar-refractivity contribution in [3.8, 4) is 5.75 Å². The van der Waals surface area contributed by atoms with Gasteiger partial charge in [-0.3, -0.25) is 4.98 Å². The molecule has 2 rings (SSSR count). The largest absolute Gasteiger partial charge is 0.495 e. The molecule has 0 saturated heterocycles. The molecule has 100 valence electrons. The number of hydrogen-bond donors (Lipinski definition) is 1. The smallest absolute Gasteiger partial charge is 0.141 e. The molecule has 0 aliphatic rings. The molecule has 2 N–H and O–H groups in total. The van der Waals surface area contributed by atoms with Gasteiger partial charge in [-0.2, -0.15) is 0 Å². The summed E-state index contributed by atoms with van der Waals surface area (Å²) in [5.74, 6) is 0.384. The van der Waals surface area contributed by atoms with Crippen LogP contribution >= 0.6 is 15.9 Å². The van der Waals surface area contributed by atoms with Crippen molar-refractivity contribution in [2.45, 2.75) is 12.5 Å². The van der Waals surface area contributed by atoms with E-state index in [1.165, 1.54) is 6.07 Å². The van der Waals surface area contributed by atoms with Gasteiger partial charge >= 0.3 is 0 Å². The van der Waals surface area contributed by atoms with E-state index in [2.05, 4.69) is 20.9 Å². The SMILES string of the molecule is COc1cnccc1C(N)Cc1ccc(F)c(Br)c1. The monoisotopic (exact) mass is 324 g/mol. The second-order valence-corrected chi connectivity index (χ2v) is 5.03. The highest BCUT2D eigenvalue weighted by molar-refractivity contribution is 9.10. The Morgan fingerprint density at radius 3 is 2.89 bits per heavy atom. The van der Waals surface area contributed by atoms with Crippen LogP contribution in [0.4, 0.5) is 4.39 Å². The van der Waals surface area contributed by atoms with Gasteiger partial charge in [0.1, 0.15) is 11.6 Å². The number of hydrogen-bond acceptors (Lipinski definition) is 3. The van der Waals surface area contributed by atoms with Crippen LogP contribution < -0.4 is 10.5 Å². The van der Waals surface area contributed by atoms with Gasteiger partial charge in [-0.05, 0) is 46.1 Å². The molecule has 2 aromatic rings. The minimum atomic E-state index is -0.279. The normalized spacial score (nSPS) is 12.2. The van der Waals surface area contributed by atoms with Crippen molar-refractivity contribution in [1.29, 1.82) is 0 Å². The molecule has 5 heteroatoms. The Morgan fingerprint density at radius 1 is 1.42 bits per heavy atom. The summed E-state index contributed by atoms with van der Waals surface area (Å²) in [6.45, 7) is 0. The van der Waals surface area contributed by atoms with E-state index in [0.29, 0.717) is 16.6 Å². The average Bonchev–Trinajstić information content (AvgIpc) is 2.43. The number of methoxy groups -OCH3 is 1. The number of halogens is 2. The van der Waals surface area contributed by atoms with E-state index in [4.69, 9.17) is 10.5 Å². The fourth-order valence-electron chi connectivity index (χ4n) is 1.90. The molecule has 0 amide bonds. The number of ether oxygens (including phenoxy) is 1. The molecular weight excluding hydrogens is 311 g/mol. The van der Waals surface area contributed by atoms with Crippen molar-refractivity contribution in [1.82, 2.24) is 4.98 Å². The zero-order chi connectivity index (χ0) is 13.8. The van der Waals surface area contributed by atoms with Crippen molar-refractivity contribution in [2.24, 2.45) is 5.73 Å². The van der Waals surface area contributed by atoms with Crippen LogP contribution in [0.3, 0.4) is 0 Å². The summed E-state index contributed by atoms with van der Waals surface area (Å²) in [6, 6.07) is 6.50. The third-order valence-corrected chi connectivity index (χ3v) is 3.48. The summed E-state index contributed by atoms with van der Waals surface area (Å²) in [7, 11) is 1.59. The summed E-state index contributed by atoms with van der Waals surface area (Å²) in [4.78, 5) is 3.99. The fraction of sp³-hybridized carbons (Fsp3) is 0.214. The van der Waals surface area contributed by atoms with Crippen LogP contribution in [0.5, 0.6) is 5.75 Å². The first-order valence-electron chi connectivity index (χ1n) is 5.79. The van der Waals surface area contributed by atoms with E-state index in [1.807, 2.05) is 6.07 Å². The van der Waals surface area contributed by atoms with Crippen molar-refractivity contribution < 1.29 is 9.13 Å². The van der Waals surface area contributed by atoms with Gasteiger partial charge in [0, 0.05) is 17.8 Å². The summed E-state index contributed by atoms with van der Waals surface area (Å²) >= 11 is 3.17.